The predicted octanol–water partition coefficient (Wildman–Crippen LogP) is -4.51. The Balaban J connectivity index is 2.86. The molecule has 1 heterocycles. The van der Waals surface area contributed by atoms with Crippen LogP contribution >= 0.6 is 0 Å². The van der Waals surface area contributed by atoms with E-state index < -0.39 is 58.7 Å². The summed E-state index contributed by atoms with van der Waals surface area (Å²) in [5.41, 5.74) is 0. The number of nitrogens with two attached hydrogens (primary N) is 1. The van der Waals surface area contributed by atoms with Gasteiger partial charge in [-0.3, -0.25) is 8.74 Å². The summed E-state index contributed by atoms with van der Waals surface area (Å²) in [6.07, 6.45) is -8.47. The Morgan fingerprint density at radius 3 is 2.45 bits per heavy atom. The predicted molar refractivity (Wildman–Crippen MR) is 58.8 cm³/mol. The van der Waals surface area contributed by atoms with E-state index in [0.29, 0.717) is 0 Å². The fraction of sp³-hybridized carbons (Fsp3) is 1.00. The molecule has 7 N–H and O–H groups in total. The monoisotopic (exact) mass is 339 g/mol. The third-order valence-electron chi connectivity index (χ3n) is 2.39. The van der Waals surface area contributed by atoms with Crippen LogP contribution in [0.25, 0.3) is 0 Å². The van der Waals surface area contributed by atoms with Crippen LogP contribution in [0, 0.1) is 0 Å². The molecule has 0 saturated carbocycles. The van der Waals surface area contributed by atoms with E-state index in [9.17, 15) is 33.1 Å². The summed E-state index contributed by atoms with van der Waals surface area (Å²) in [5.74, 6) is -3.04. The first kappa shape index (κ1) is 17.8. The molecule has 12 nitrogen and oxygen atoms in total. The lowest BCUT2D eigenvalue weighted by Crippen LogP contribution is -2.67. The second-order valence-electron chi connectivity index (χ2n) is 3.79. The minimum absolute atomic E-state index is 0.758. The molecule has 0 amide bonds. The van der Waals surface area contributed by atoms with Crippen molar-refractivity contribution in [1.29, 1.82) is 0 Å². The fourth-order valence-electron chi connectivity index (χ4n) is 1.45. The molecule has 1 rings (SSSR count). The first-order chi connectivity index (χ1) is 8.97. The van der Waals surface area contributed by atoms with E-state index in [-0.39, 0.29) is 0 Å². The summed E-state index contributed by atoms with van der Waals surface area (Å²) < 4.78 is 52.7. The molecule has 1 fully saturated rings. The molecule has 1 saturated heterocycles. The van der Waals surface area contributed by atoms with Gasteiger partial charge in [0.15, 0.2) is 0 Å². The molecule has 0 aromatic carbocycles. The van der Waals surface area contributed by atoms with Crippen LogP contribution in [-0.4, -0.2) is 74.6 Å². The summed E-state index contributed by atoms with van der Waals surface area (Å²) in [5, 5.41) is 42.7. The Morgan fingerprint density at radius 1 is 1.45 bits per heavy atom. The third kappa shape index (κ3) is 4.12. The fourth-order valence-corrected chi connectivity index (χ4v) is 2.22. The molecule has 0 aromatic heterocycles. The molecular formula is C6H13NO11S2. The Hall–Kier alpha value is -0.260. The number of rotatable bonds is 5. The highest BCUT2D eigenvalue weighted by Gasteiger charge is 2.55. The molecule has 2 unspecified atom stereocenters. The van der Waals surface area contributed by atoms with Gasteiger partial charge in [-0.25, -0.2) is 9.32 Å². The first-order valence-electron chi connectivity index (χ1n) is 4.87. The summed E-state index contributed by atoms with van der Waals surface area (Å²) in [6.45, 7) is -0.758. The van der Waals surface area contributed by atoms with Crippen molar-refractivity contribution < 1.29 is 50.7 Å². The first-order valence-corrected chi connectivity index (χ1v) is 7.37. The summed E-state index contributed by atoms with van der Waals surface area (Å²) >= 11 is -2.79. The van der Waals surface area contributed by atoms with Gasteiger partial charge in [0.25, 0.3) is 0 Å². The zero-order chi connectivity index (χ0) is 15.7. The Bertz CT molecular complexity index is 468. The van der Waals surface area contributed by atoms with Crippen molar-refractivity contribution in [2.24, 2.45) is 5.14 Å². The lowest BCUT2D eigenvalue weighted by atomic mass is 9.96. The molecule has 1 aliphatic rings. The largest absolute Gasteiger partial charge is 0.387 e. The number of ether oxygens (including phenoxy) is 1. The minimum atomic E-state index is -4.69. The quantitative estimate of drug-likeness (QED) is 0.208. The lowest BCUT2D eigenvalue weighted by Gasteiger charge is -2.43. The van der Waals surface area contributed by atoms with Crippen LogP contribution < -0.4 is 5.14 Å². The molecule has 6 atom stereocenters. The van der Waals surface area contributed by atoms with Crippen LogP contribution in [0.3, 0.4) is 0 Å². The molecule has 1 aliphatic heterocycles. The molecule has 120 valence electrons. The summed E-state index contributed by atoms with van der Waals surface area (Å²) in [7, 11) is -4.69. The maximum absolute atomic E-state index is 10.6. The number of aliphatic hydroxyl groups excluding tert-OH is 3. The Morgan fingerprint density at radius 2 is 2.00 bits per heavy atom. The van der Waals surface area contributed by atoms with Gasteiger partial charge in [-0.05, 0) is 0 Å². The number of aliphatic hydroxyl groups is 4. The maximum Gasteiger partial charge on any atom is 0.335 e. The topological polar surface area (TPSA) is 206 Å². The van der Waals surface area contributed by atoms with E-state index in [1.165, 1.54) is 0 Å². The van der Waals surface area contributed by atoms with Gasteiger partial charge < -0.3 is 25.2 Å². The van der Waals surface area contributed by atoms with Crippen molar-refractivity contribution in [3.05, 3.63) is 0 Å². The molecule has 14 heteroatoms. The average molecular weight is 339 g/mol. The Kier molecular flexibility index (Phi) is 5.55. The van der Waals surface area contributed by atoms with Crippen molar-refractivity contribution in [3.8, 4) is 0 Å². The molecule has 0 aromatic rings. The normalized spacial score (nSPS) is 38.4. The summed E-state index contributed by atoms with van der Waals surface area (Å²) in [4.78, 5) is 0. The maximum atomic E-state index is 10.6. The smallest absolute Gasteiger partial charge is 0.335 e. The molecule has 0 spiro atoms. The number of hydrogen-bond acceptors (Lipinski definition) is 10. The zero-order valence-corrected chi connectivity index (χ0v) is 11.2. The second kappa shape index (κ2) is 6.24. The van der Waals surface area contributed by atoms with Gasteiger partial charge >= 0.3 is 21.7 Å². The van der Waals surface area contributed by atoms with Crippen LogP contribution in [-0.2, 0) is 34.8 Å². The molecule has 0 aliphatic carbocycles. The van der Waals surface area contributed by atoms with Gasteiger partial charge in [0.05, 0.1) is 6.61 Å². The van der Waals surface area contributed by atoms with E-state index in [1.54, 1.807) is 0 Å². The third-order valence-corrected chi connectivity index (χ3v) is 3.25. The van der Waals surface area contributed by atoms with Gasteiger partial charge in [-0.1, -0.05) is 0 Å². The van der Waals surface area contributed by atoms with Crippen LogP contribution in [0.5, 0.6) is 0 Å². The van der Waals surface area contributed by atoms with E-state index in [4.69, 9.17) is 4.55 Å². The van der Waals surface area contributed by atoms with Crippen LogP contribution in [0.2, 0.25) is 0 Å². The van der Waals surface area contributed by atoms with Crippen molar-refractivity contribution >= 4 is 21.7 Å². The molecule has 20 heavy (non-hydrogen) atoms. The standard InChI is InChI=1S/C6H13NO11S2/c7-20(14,15)18-5(10)6(11)4(9)3(8)2(1-16-6)17-19(12)13/h2-5,8-11H,1H2,(H,12,13)(H2,7,14,15)/t2-,3-,4+,5?,6+/m1/s1. The van der Waals surface area contributed by atoms with Crippen LogP contribution in [0.1, 0.15) is 0 Å². The molecule has 0 bridgehead atoms. The second-order valence-corrected chi connectivity index (χ2v) is 5.60. The Labute approximate surface area is 115 Å². The van der Waals surface area contributed by atoms with Gasteiger partial charge in [0.1, 0.15) is 18.3 Å². The SMILES string of the molecule is NS(=O)(=O)OC(O)[C@@]1(O)OC[C@@H](OS(=O)O)[C@@H](O)[C@@H]1O. The average Bonchev–Trinajstić information content (AvgIpc) is 2.27. The van der Waals surface area contributed by atoms with Crippen molar-refractivity contribution in [2.45, 2.75) is 30.4 Å². The van der Waals surface area contributed by atoms with Crippen LogP contribution in [0.15, 0.2) is 0 Å². The lowest BCUT2D eigenvalue weighted by molar-refractivity contribution is -0.376. The highest BCUT2D eigenvalue weighted by Crippen LogP contribution is 2.29. The zero-order valence-electron chi connectivity index (χ0n) is 9.60. The van der Waals surface area contributed by atoms with Crippen molar-refractivity contribution in [2.75, 3.05) is 6.61 Å². The van der Waals surface area contributed by atoms with Crippen molar-refractivity contribution in [1.82, 2.24) is 0 Å². The van der Waals surface area contributed by atoms with E-state index >= 15 is 0 Å². The van der Waals surface area contributed by atoms with E-state index in [1.807, 2.05) is 0 Å². The van der Waals surface area contributed by atoms with E-state index in [0.717, 1.165) is 0 Å². The molecule has 0 radical (unpaired) electrons. The molecular weight excluding hydrogens is 326 g/mol. The van der Waals surface area contributed by atoms with E-state index in [2.05, 4.69) is 18.2 Å². The van der Waals surface area contributed by atoms with Gasteiger partial charge in [0, 0.05) is 0 Å². The van der Waals surface area contributed by atoms with Crippen LogP contribution in [0.4, 0.5) is 0 Å². The van der Waals surface area contributed by atoms with Gasteiger partial charge in [-0.2, -0.15) is 12.6 Å². The highest BCUT2D eigenvalue weighted by molar-refractivity contribution is 7.84. The van der Waals surface area contributed by atoms with Gasteiger partial charge in [-0.15, -0.1) is 0 Å². The number of hydrogen-bond donors (Lipinski definition) is 6. The summed E-state index contributed by atoms with van der Waals surface area (Å²) in [6, 6.07) is 0. The highest BCUT2D eigenvalue weighted by atomic mass is 32.2. The minimum Gasteiger partial charge on any atom is -0.387 e. The van der Waals surface area contributed by atoms with Gasteiger partial charge in [0.2, 0.25) is 12.1 Å². The van der Waals surface area contributed by atoms with Crippen molar-refractivity contribution in [3.63, 3.8) is 0 Å².